The summed E-state index contributed by atoms with van der Waals surface area (Å²) >= 11 is 0. The Labute approximate surface area is 126 Å². The second-order valence-corrected chi connectivity index (χ2v) is 7.42. The molecule has 1 fully saturated rings. The van der Waals surface area contributed by atoms with Gasteiger partial charge in [-0.25, -0.2) is 8.42 Å². The summed E-state index contributed by atoms with van der Waals surface area (Å²) in [6.45, 7) is 4.77. The lowest BCUT2D eigenvalue weighted by Gasteiger charge is -2.29. The molecule has 2 rings (SSSR count). The zero-order valence-electron chi connectivity index (χ0n) is 12.6. The first-order valence-corrected chi connectivity index (χ1v) is 8.90. The number of hydrogen-bond donors (Lipinski definition) is 0. The number of anilines is 1. The Morgan fingerprint density at radius 1 is 1.33 bits per heavy atom. The molecule has 6 heteroatoms. The molecule has 1 aliphatic rings. The van der Waals surface area contributed by atoms with Gasteiger partial charge in [-0.05, 0) is 44.4 Å². The van der Waals surface area contributed by atoms with Gasteiger partial charge < -0.3 is 4.90 Å². The van der Waals surface area contributed by atoms with Gasteiger partial charge in [0.25, 0.3) is 0 Å². The van der Waals surface area contributed by atoms with Gasteiger partial charge in [0.15, 0.2) is 0 Å². The van der Waals surface area contributed by atoms with Gasteiger partial charge in [0.05, 0.1) is 12.3 Å². The highest BCUT2D eigenvalue weighted by Crippen LogP contribution is 2.18. The third-order valence-electron chi connectivity index (χ3n) is 3.70. The highest BCUT2D eigenvalue weighted by atomic mass is 32.2. The lowest BCUT2D eigenvalue weighted by molar-refractivity contribution is -0.118. The van der Waals surface area contributed by atoms with Crippen LogP contribution in [0.15, 0.2) is 24.3 Å². The summed E-state index contributed by atoms with van der Waals surface area (Å²) in [6.07, 6.45) is 1.51. The Kier molecular flexibility index (Phi) is 5.00. The molecule has 0 radical (unpaired) electrons. The molecule has 5 nitrogen and oxygen atoms in total. The number of sulfonamides is 1. The van der Waals surface area contributed by atoms with Crippen LogP contribution in [-0.2, 0) is 14.8 Å². The van der Waals surface area contributed by atoms with E-state index >= 15 is 0 Å². The van der Waals surface area contributed by atoms with Crippen molar-refractivity contribution in [2.24, 2.45) is 0 Å². The van der Waals surface area contributed by atoms with Gasteiger partial charge in [-0.2, -0.15) is 4.31 Å². The van der Waals surface area contributed by atoms with Gasteiger partial charge in [-0.15, -0.1) is 0 Å². The van der Waals surface area contributed by atoms with Crippen LogP contribution in [0.25, 0.3) is 0 Å². The lowest BCUT2D eigenvalue weighted by Crippen LogP contribution is -2.45. The molecule has 1 aromatic rings. The molecule has 1 aromatic carbocycles. The predicted molar refractivity (Wildman–Crippen MR) is 83.8 cm³/mol. The van der Waals surface area contributed by atoms with Crippen LogP contribution < -0.4 is 4.90 Å². The summed E-state index contributed by atoms with van der Waals surface area (Å²) in [7, 11) is -3.26. The van der Waals surface area contributed by atoms with Crippen molar-refractivity contribution in [3.05, 3.63) is 29.8 Å². The van der Waals surface area contributed by atoms with Gasteiger partial charge in [0.1, 0.15) is 0 Å². The summed E-state index contributed by atoms with van der Waals surface area (Å²) in [5, 5.41) is 0. The van der Waals surface area contributed by atoms with E-state index < -0.39 is 10.0 Å². The molecular weight excluding hydrogens is 288 g/mol. The van der Waals surface area contributed by atoms with E-state index in [1.54, 1.807) is 4.90 Å². The molecule has 21 heavy (non-hydrogen) atoms. The minimum absolute atomic E-state index is 0.0654. The standard InChI is InChI=1S/C15H22N2O3S/c1-3-17(14-8-6-7-13(2)11-14)15(18)12-16-9-4-5-10-21(16,19)20/h6-8,11H,3-5,9-10,12H2,1-2H3. The summed E-state index contributed by atoms with van der Waals surface area (Å²) in [5.74, 6) is -0.0230. The van der Waals surface area contributed by atoms with Gasteiger partial charge in [-0.1, -0.05) is 12.1 Å². The van der Waals surface area contributed by atoms with Crippen molar-refractivity contribution in [2.75, 3.05) is 30.3 Å². The van der Waals surface area contributed by atoms with E-state index in [1.807, 2.05) is 38.1 Å². The topological polar surface area (TPSA) is 57.7 Å². The van der Waals surface area contributed by atoms with Gasteiger partial charge >= 0.3 is 0 Å². The van der Waals surface area contributed by atoms with Crippen molar-refractivity contribution >= 4 is 21.6 Å². The summed E-state index contributed by atoms with van der Waals surface area (Å²) in [5.41, 5.74) is 1.89. The molecule has 116 valence electrons. The zero-order valence-corrected chi connectivity index (χ0v) is 13.4. The number of aryl methyl sites for hydroxylation is 1. The van der Waals surface area contributed by atoms with Crippen molar-refractivity contribution in [2.45, 2.75) is 26.7 Å². The molecule has 0 bridgehead atoms. The van der Waals surface area contributed by atoms with Crippen LogP contribution in [0.1, 0.15) is 25.3 Å². The maximum atomic E-state index is 12.5. The average molecular weight is 310 g/mol. The highest BCUT2D eigenvalue weighted by Gasteiger charge is 2.29. The molecule has 0 aromatic heterocycles. The van der Waals surface area contributed by atoms with Gasteiger partial charge in [0.2, 0.25) is 15.9 Å². The molecular formula is C15H22N2O3S. The van der Waals surface area contributed by atoms with Crippen LogP contribution in [-0.4, -0.2) is 44.0 Å². The molecule has 1 aliphatic heterocycles. The van der Waals surface area contributed by atoms with Crippen molar-refractivity contribution in [1.29, 1.82) is 0 Å². The van der Waals surface area contributed by atoms with E-state index in [9.17, 15) is 13.2 Å². The molecule has 1 heterocycles. The number of hydrogen-bond acceptors (Lipinski definition) is 3. The first kappa shape index (κ1) is 16.0. The average Bonchev–Trinajstić information content (AvgIpc) is 2.42. The number of amides is 1. The Morgan fingerprint density at radius 3 is 2.71 bits per heavy atom. The lowest BCUT2D eigenvalue weighted by atomic mass is 10.2. The van der Waals surface area contributed by atoms with Crippen LogP contribution in [0.4, 0.5) is 5.69 Å². The summed E-state index contributed by atoms with van der Waals surface area (Å²) < 4.78 is 25.3. The molecule has 0 N–H and O–H groups in total. The fraction of sp³-hybridized carbons (Fsp3) is 0.533. The normalized spacial score (nSPS) is 18.4. The van der Waals surface area contributed by atoms with E-state index in [0.717, 1.165) is 17.7 Å². The van der Waals surface area contributed by atoms with E-state index in [0.29, 0.717) is 19.5 Å². The van der Waals surface area contributed by atoms with E-state index in [2.05, 4.69) is 0 Å². The van der Waals surface area contributed by atoms with Crippen LogP contribution in [0, 0.1) is 6.92 Å². The smallest absolute Gasteiger partial charge is 0.242 e. The van der Waals surface area contributed by atoms with Gasteiger partial charge in [-0.3, -0.25) is 4.79 Å². The fourth-order valence-corrected chi connectivity index (χ4v) is 4.09. The first-order valence-electron chi connectivity index (χ1n) is 7.29. The minimum Gasteiger partial charge on any atom is -0.312 e. The predicted octanol–water partition coefficient (Wildman–Crippen LogP) is 1.77. The zero-order chi connectivity index (χ0) is 15.5. The number of carbonyl (C=O) groups is 1. The van der Waals surface area contributed by atoms with E-state index in [-0.39, 0.29) is 18.2 Å². The number of benzene rings is 1. The summed E-state index contributed by atoms with van der Waals surface area (Å²) in [6, 6.07) is 7.68. The molecule has 0 atom stereocenters. The van der Waals surface area contributed by atoms with Crippen LogP contribution in [0.5, 0.6) is 0 Å². The van der Waals surface area contributed by atoms with Crippen LogP contribution >= 0.6 is 0 Å². The first-order chi connectivity index (χ1) is 9.94. The van der Waals surface area contributed by atoms with Crippen molar-refractivity contribution in [3.63, 3.8) is 0 Å². The number of rotatable bonds is 4. The largest absolute Gasteiger partial charge is 0.312 e. The molecule has 0 saturated carbocycles. The van der Waals surface area contributed by atoms with Crippen molar-refractivity contribution < 1.29 is 13.2 Å². The summed E-state index contributed by atoms with van der Waals surface area (Å²) in [4.78, 5) is 14.1. The molecule has 0 aliphatic carbocycles. The maximum absolute atomic E-state index is 12.5. The third-order valence-corrected chi connectivity index (χ3v) is 5.60. The number of carbonyl (C=O) groups excluding carboxylic acids is 1. The SMILES string of the molecule is CCN(C(=O)CN1CCCCS1(=O)=O)c1cccc(C)c1. The Hall–Kier alpha value is -1.40. The Balaban J connectivity index is 2.14. The molecule has 0 unspecified atom stereocenters. The van der Waals surface area contributed by atoms with E-state index in [1.165, 1.54) is 4.31 Å². The molecule has 1 saturated heterocycles. The Bertz CT molecular complexity index is 613. The second kappa shape index (κ2) is 6.58. The second-order valence-electron chi connectivity index (χ2n) is 5.33. The van der Waals surface area contributed by atoms with Crippen LogP contribution in [0.2, 0.25) is 0 Å². The van der Waals surface area contributed by atoms with Crippen LogP contribution in [0.3, 0.4) is 0 Å². The highest BCUT2D eigenvalue weighted by molar-refractivity contribution is 7.89. The quantitative estimate of drug-likeness (QED) is 0.851. The van der Waals surface area contributed by atoms with Crippen molar-refractivity contribution in [3.8, 4) is 0 Å². The van der Waals surface area contributed by atoms with Gasteiger partial charge in [0, 0.05) is 18.8 Å². The fourth-order valence-electron chi connectivity index (χ4n) is 2.55. The number of nitrogens with zero attached hydrogens (tertiary/aromatic N) is 2. The molecule has 0 spiro atoms. The Morgan fingerprint density at radius 2 is 2.10 bits per heavy atom. The monoisotopic (exact) mass is 310 g/mol. The van der Waals surface area contributed by atoms with E-state index in [4.69, 9.17) is 0 Å². The number of likely N-dealkylation sites (N-methyl/N-ethyl adjacent to an activating group) is 1. The maximum Gasteiger partial charge on any atom is 0.242 e. The van der Waals surface area contributed by atoms with Crippen molar-refractivity contribution in [1.82, 2.24) is 4.31 Å². The third kappa shape index (κ3) is 3.83. The molecule has 1 amide bonds. The minimum atomic E-state index is -3.26.